The summed E-state index contributed by atoms with van der Waals surface area (Å²) < 4.78 is 0. The summed E-state index contributed by atoms with van der Waals surface area (Å²) in [4.78, 5) is 13.8. The molecule has 5 nitrogen and oxygen atoms in total. The molecule has 0 radical (unpaired) electrons. The van der Waals surface area contributed by atoms with E-state index in [1.54, 1.807) is 11.3 Å². The molecule has 7 heteroatoms. The molecule has 2 aromatic heterocycles. The maximum absolute atomic E-state index is 4.61. The van der Waals surface area contributed by atoms with Crippen LogP contribution in [-0.4, -0.2) is 29.0 Å². The van der Waals surface area contributed by atoms with Gasteiger partial charge in [-0.15, -0.1) is 35.3 Å². The van der Waals surface area contributed by atoms with Crippen LogP contribution in [0.15, 0.2) is 59.0 Å². The van der Waals surface area contributed by atoms with Crippen molar-refractivity contribution >= 4 is 41.3 Å². The zero-order valence-corrected chi connectivity index (χ0v) is 17.9. The fourth-order valence-electron chi connectivity index (χ4n) is 2.46. The number of aromatic nitrogens is 2. The zero-order chi connectivity index (χ0) is 17.3. The third kappa shape index (κ3) is 6.14. The largest absolute Gasteiger partial charge is 0.357 e. The molecule has 0 saturated carbocycles. The first kappa shape index (κ1) is 20.4. The number of aliphatic imine (C=N–C) groups is 1. The van der Waals surface area contributed by atoms with E-state index in [2.05, 4.69) is 62.2 Å². The van der Waals surface area contributed by atoms with E-state index in [9.17, 15) is 0 Å². The minimum atomic E-state index is 0. The van der Waals surface area contributed by atoms with Crippen LogP contribution in [0.3, 0.4) is 0 Å². The minimum absolute atomic E-state index is 0. The molecular weight excluding hydrogens is 457 g/mol. The predicted octanol–water partition coefficient (Wildman–Crippen LogP) is 4.05. The molecule has 0 aliphatic carbocycles. The van der Waals surface area contributed by atoms with Gasteiger partial charge in [0.15, 0.2) is 5.96 Å². The van der Waals surface area contributed by atoms with Crippen LogP contribution in [-0.2, 0) is 13.0 Å². The Bertz CT molecular complexity index is 783. The van der Waals surface area contributed by atoms with Gasteiger partial charge in [-0.25, -0.2) is 9.98 Å². The van der Waals surface area contributed by atoms with Crippen molar-refractivity contribution in [3.63, 3.8) is 0 Å². The Morgan fingerprint density at radius 2 is 2.00 bits per heavy atom. The van der Waals surface area contributed by atoms with Crippen molar-refractivity contribution in [2.75, 3.05) is 13.1 Å². The van der Waals surface area contributed by atoms with Gasteiger partial charge in [-0.05, 0) is 30.4 Å². The number of nitrogens with one attached hydrogen (secondary N) is 3. The number of imidazole rings is 1. The maximum Gasteiger partial charge on any atom is 0.191 e. The number of nitrogens with zero attached hydrogens (tertiary/aromatic N) is 2. The van der Waals surface area contributed by atoms with E-state index in [1.807, 2.05) is 24.4 Å². The zero-order valence-electron chi connectivity index (χ0n) is 14.7. The van der Waals surface area contributed by atoms with Crippen LogP contribution in [0, 0.1) is 0 Å². The molecule has 0 atom stereocenters. The highest BCUT2D eigenvalue weighted by atomic mass is 127. The van der Waals surface area contributed by atoms with Crippen molar-refractivity contribution in [1.82, 2.24) is 20.6 Å². The highest BCUT2D eigenvalue weighted by molar-refractivity contribution is 14.0. The van der Waals surface area contributed by atoms with E-state index in [0.717, 1.165) is 42.6 Å². The predicted molar refractivity (Wildman–Crippen MR) is 120 cm³/mol. The summed E-state index contributed by atoms with van der Waals surface area (Å²) in [6.45, 7) is 4.27. The van der Waals surface area contributed by atoms with Crippen LogP contribution in [0.5, 0.6) is 0 Å². The summed E-state index contributed by atoms with van der Waals surface area (Å²) in [5.41, 5.74) is 2.15. The number of guanidine groups is 1. The Hall–Kier alpha value is -1.87. The Morgan fingerprint density at radius 3 is 2.73 bits per heavy atom. The number of thiophene rings is 1. The van der Waals surface area contributed by atoms with Crippen molar-refractivity contribution < 1.29 is 0 Å². The summed E-state index contributed by atoms with van der Waals surface area (Å²) in [6, 6.07) is 14.4. The molecule has 0 amide bonds. The third-order valence-electron chi connectivity index (χ3n) is 3.69. The molecule has 1 aromatic carbocycles. The van der Waals surface area contributed by atoms with E-state index < -0.39 is 0 Å². The Morgan fingerprint density at radius 1 is 1.15 bits per heavy atom. The van der Waals surface area contributed by atoms with Crippen molar-refractivity contribution in [3.05, 3.63) is 64.7 Å². The second-order valence-electron chi connectivity index (χ2n) is 5.56. The van der Waals surface area contributed by atoms with Crippen molar-refractivity contribution in [3.8, 4) is 11.3 Å². The standard InChI is InChI=1S/C19H23N5S.HI/c1-2-20-19(21-11-10-16-9-6-12-25-16)23-14-18-22-13-17(24-18)15-7-4-3-5-8-15;/h3-9,12-13H,2,10-11,14H2,1H3,(H,22,24)(H2,20,21,23);1H. The molecule has 0 unspecified atom stereocenters. The second-order valence-corrected chi connectivity index (χ2v) is 6.59. The Balaban J connectivity index is 0.00000243. The molecule has 3 rings (SSSR count). The van der Waals surface area contributed by atoms with Crippen molar-refractivity contribution in [2.24, 2.45) is 4.99 Å². The number of benzene rings is 1. The lowest BCUT2D eigenvalue weighted by atomic mass is 10.2. The second kappa shape index (κ2) is 11.0. The molecule has 0 aliphatic heterocycles. The summed E-state index contributed by atoms with van der Waals surface area (Å²) in [6.07, 6.45) is 2.86. The van der Waals surface area contributed by atoms with Gasteiger partial charge in [0.2, 0.25) is 0 Å². The van der Waals surface area contributed by atoms with E-state index in [-0.39, 0.29) is 24.0 Å². The SMILES string of the molecule is CCNC(=NCc1ncc(-c2ccccc2)[nH]1)NCCc1cccs1.I. The molecule has 26 heavy (non-hydrogen) atoms. The molecular formula is C19H24IN5S. The topological polar surface area (TPSA) is 65.1 Å². The average molecular weight is 481 g/mol. The number of halogens is 1. The molecule has 2 heterocycles. The quantitative estimate of drug-likeness (QED) is 0.271. The van der Waals surface area contributed by atoms with Gasteiger partial charge in [0.25, 0.3) is 0 Å². The number of hydrogen-bond donors (Lipinski definition) is 3. The van der Waals surface area contributed by atoms with Crippen molar-refractivity contribution in [1.29, 1.82) is 0 Å². The summed E-state index contributed by atoms with van der Waals surface area (Å²) >= 11 is 1.78. The van der Waals surface area contributed by atoms with Crippen LogP contribution >= 0.6 is 35.3 Å². The highest BCUT2D eigenvalue weighted by Gasteiger charge is 2.03. The Labute approximate surface area is 175 Å². The van der Waals surface area contributed by atoms with Gasteiger partial charge in [0.1, 0.15) is 12.4 Å². The number of H-pyrrole nitrogens is 1. The van der Waals surface area contributed by atoms with Gasteiger partial charge in [0, 0.05) is 18.0 Å². The van der Waals surface area contributed by atoms with Crippen LogP contribution < -0.4 is 10.6 Å². The van der Waals surface area contributed by atoms with E-state index in [1.165, 1.54) is 4.88 Å². The van der Waals surface area contributed by atoms with E-state index >= 15 is 0 Å². The minimum Gasteiger partial charge on any atom is -0.357 e. The molecule has 0 aliphatic rings. The molecule has 0 saturated heterocycles. The normalized spacial score (nSPS) is 11.0. The van der Waals surface area contributed by atoms with Gasteiger partial charge in [0.05, 0.1) is 11.9 Å². The van der Waals surface area contributed by atoms with Gasteiger partial charge >= 0.3 is 0 Å². The average Bonchev–Trinajstić information content (AvgIpc) is 3.32. The van der Waals surface area contributed by atoms with E-state index in [0.29, 0.717) is 6.54 Å². The fraction of sp³-hybridized carbons (Fsp3) is 0.263. The molecule has 0 bridgehead atoms. The van der Waals surface area contributed by atoms with Gasteiger partial charge in [-0.3, -0.25) is 0 Å². The van der Waals surface area contributed by atoms with Crippen LogP contribution in [0.1, 0.15) is 17.6 Å². The fourth-order valence-corrected chi connectivity index (χ4v) is 3.17. The summed E-state index contributed by atoms with van der Waals surface area (Å²) in [7, 11) is 0. The number of rotatable bonds is 7. The molecule has 3 aromatic rings. The third-order valence-corrected chi connectivity index (χ3v) is 4.62. The molecule has 138 valence electrons. The van der Waals surface area contributed by atoms with Gasteiger partial charge in [-0.2, -0.15) is 0 Å². The number of hydrogen-bond acceptors (Lipinski definition) is 3. The number of aromatic amines is 1. The lowest BCUT2D eigenvalue weighted by Gasteiger charge is -2.10. The van der Waals surface area contributed by atoms with Gasteiger partial charge in [-0.1, -0.05) is 36.4 Å². The lowest BCUT2D eigenvalue weighted by molar-refractivity contribution is 0.798. The molecule has 3 N–H and O–H groups in total. The van der Waals surface area contributed by atoms with Crippen molar-refractivity contribution in [2.45, 2.75) is 19.9 Å². The lowest BCUT2D eigenvalue weighted by Crippen LogP contribution is -2.38. The first-order chi connectivity index (χ1) is 12.3. The highest BCUT2D eigenvalue weighted by Crippen LogP contribution is 2.16. The van der Waals surface area contributed by atoms with Crippen LogP contribution in [0.25, 0.3) is 11.3 Å². The van der Waals surface area contributed by atoms with Crippen LogP contribution in [0.2, 0.25) is 0 Å². The molecule has 0 spiro atoms. The summed E-state index contributed by atoms with van der Waals surface area (Å²) in [5.74, 6) is 1.67. The molecule has 0 fully saturated rings. The Kier molecular flexibility index (Phi) is 8.63. The summed E-state index contributed by atoms with van der Waals surface area (Å²) in [5, 5.41) is 8.75. The van der Waals surface area contributed by atoms with E-state index in [4.69, 9.17) is 0 Å². The monoisotopic (exact) mass is 481 g/mol. The maximum atomic E-state index is 4.61. The first-order valence-corrected chi connectivity index (χ1v) is 9.37. The smallest absolute Gasteiger partial charge is 0.191 e. The van der Waals surface area contributed by atoms with Gasteiger partial charge < -0.3 is 15.6 Å². The first-order valence-electron chi connectivity index (χ1n) is 8.49. The van der Waals surface area contributed by atoms with Crippen LogP contribution in [0.4, 0.5) is 0 Å².